The van der Waals surface area contributed by atoms with Crippen molar-refractivity contribution in [1.82, 2.24) is 19.4 Å². The number of aliphatic carboxylic acids is 1. The summed E-state index contributed by atoms with van der Waals surface area (Å²) in [5.41, 5.74) is 8.25. The van der Waals surface area contributed by atoms with Crippen molar-refractivity contribution in [1.29, 1.82) is 0 Å². The van der Waals surface area contributed by atoms with Crippen molar-refractivity contribution in [2.75, 3.05) is 31.1 Å². The normalized spacial score (nSPS) is 16.5. The highest BCUT2D eigenvalue weighted by atomic mass is 16.5. The molecule has 2 aliphatic rings. The van der Waals surface area contributed by atoms with Crippen LogP contribution in [0.3, 0.4) is 0 Å². The summed E-state index contributed by atoms with van der Waals surface area (Å²) in [5.74, 6) is -0.366. The largest absolute Gasteiger partial charge is 0.479 e. The standard InChI is InChI=1S/C36H45N5O3/c1-23-10-12-27(13-11-23)30-28-20-24(2)40-18-19-41(35-37-21-26(22-38-35)14-17-39-15-8-7-9-16-39)31(32(28)40)25(3)29(30)33(34(42)43)44-36(4,5)6/h10-13,20-22,33H,7-9,14-19H2,1-6H3,(H,42,43)/t33-/m0/s1. The zero-order valence-corrected chi connectivity index (χ0v) is 27.0. The summed E-state index contributed by atoms with van der Waals surface area (Å²) >= 11 is 0. The number of hydrogen-bond donors (Lipinski definition) is 1. The fourth-order valence-corrected chi connectivity index (χ4v) is 6.92. The van der Waals surface area contributed by atoms with E-state index in [9.17, 15) is 9.90 Å². The number of hydrogen-bond acceptors (Lipinski definition) is 6. The molecule has 0 amide bonds. The fraction of sp³-hybridized carbons (Fsp3) is 0.472. The van der Waals surface area contributed by atoms with Crippen molar-refractivity contribution < 1.29 is 14.6 Å². The third-order valence-corrected chi connectivity index (χ3v) is 9.04. The minimum Gasteiger partial charge on any atom is -0.479 e. The number of anilines is 2. The van der Waals surface area contributed by atoms with Gasteiger partial charge in [0.15, 0.2) is 6.10 Å². The van der Waals surface area contributed by atoms with Crippen LogP contribution in [0.5, 0.6) is 0 Å². The molecule has 2 aromatic heterocycles. The molecule has 0 bridgehead atoms. The first-order chi connectivity index (χ1) is 21.0. The number of likely N-dealkylation sites (tertiary alicyclic amines) is 1. The van der Waals surface area contributed by atoms with Crippen LogP contribution in [0.25, 0.3) is 22.0 Å². The van der Waals surface area contributed by atoms with Gasteiger partial charge in [-0.05, 0) is 102 Å². The molecule has 0 spiro atoms. The van der Waals surface area contributed by atoms with Gasteiger partial charge >= 0.3 is 5.97 Å². The summed E-state index contributed by atoms with van der Waals surface area (Å²) in [6, 6.07) is 10.5. The van der Waals surface area contributed by atoms with Crippen molar-refractivity contribution >= 4 is 28.5 Å². The predicted octanol–water partition coefficient (Wildman–Crippen LogP) is 7.14. The van der Waals surface area contributed by atoms with Gasteiger partial charge in [-0.3, -0.25) is 0 Å². The molecule has 1 saturated heterocycles. The summed E-state index contributed by atoms with van der Waals surface area (Å²) < 4.78 is 8.68. The Kier molecular flexibility index (Phi) is 8.24. The lowest BCUT2D eigenvalue weighted by Crippen LogP contribution is -2.32. The van der Waals surface area contributed by atoms with Crippen molar-refractivity contribution in [2.45, 2.75) is 85.5 Å². The lowest BCUT2D eigenvalue weighted by atomic mass is 9.87. The van der Waals surface area contributed by atoms with Crippen LogP contribution in [0.2, 0.25) is 0 Å². The SMILES string of the molecule is Cc1ccc(-c2c([C@H](OC(C)(C)C)C(=O)O)c(C)c3c4c2cc(C)n4CCN3c2ncc(CCN3CCCCC3)cn2)cc1. The van der Waals surface area contributed by atoms with Crippen LogP contribution in [0.4, 0.5) is 11.6 Å². The van der Waals surface area contributed by atoms with Crippen LogP contribution in [0.15, 0.2) is 42.7 Å². The van der Waals surface area contributed by atoms with Gasteiger partial charge < -0.3 is 24.2 Å². The molecule has 232 valence electrons. The monoisotopic (exact) mass is 595 g/mol. The molecule has 2 aliphatic heterocycles. The molecule has 0 radical (unpaired) electrons. The van der Waals surface area contributed by atoms with Crippen molar-refractivity contribution in [3.8, 4) is 11.1 Å². The molecular formula is C36H45N5O3. The summed E-state index contributed by atoms with van der Waals surface area (Å²) in [5, 5.41) is 11.6. The maximum atomic E-state index is 13.0. The molecular weight excluding hydrogens is 550 g/mol. The first-order valence-electron chi connectivity index (χ1n) is 16.0. The average Bonchev–Trinajstić information content (AvgIpc) is 3.33. The van der Waals surface area contributed by atoms with Gasteiger partial charge in [0.2, 0.25) is 5.95 Å². The van der Waals surface area contributed by atoms with E-state index in [0.29, 0.717) is 18.1 Å². The van der Waals surface area contributed by atoms with E-state index in [1.54, 1.807) is 0 Å². The molecule has 8 heteroatoms. The Balaban J connectivity index is 1.49. The van der Waals surface area contributed by atoms with Crippen molar-refractivity contribution in [2.24, 2.45) is 0 Å². The van der Waals surface area contributed by atoms with E-state index in [0.717, 1.165) is 69.6 Å². The maximum absolute atomic E-state index is 13.0. The lowest BCUT2D eigenvalue weighted by molar-refractivity contribution is -0.160. The van der Waals surface area contributed by atoms with Crippen LogP contribution >= 0.6 is 0 Å². The number of aryl methyl sites for hydroxylation is 2. The third-order valence-electron chi connectivity index (χ3n) is 9.04. The van der Waals surface area contributed by atoms with Gasteiger partial charge in [0.05, 0.1) is 16.8 Å². The summed E-state index contributed by atoms with van der Waals surface area (Å²) in [4.78, 5) is 27.4. The van der Waals surface area contributed by atoms with E-state index < -0.39 is 17.7 Å². The Morgan fingerprint density at radius 3 is 2.30 bits per heavy atom. The van der Waals surface area contributed by atoms with Crippen LogP contribution in [0.1, 0.15) is 74.1 Å². The lowest BCUT2D eigenvalue weighted by Gasteiger charge is -2.35. The van der Waals surface area contributed by atoms with Gasteiger partial charge in [-0.1, -0.05) is 36.2 Å². The number of nitrogens with zero attached hydrogens (tertiary/aromatic N) is 5. The zero-order chi connectivity index (χ0) is 31.2. The van der Waals surface area contributed by atoms with E-state index in [2.05, 4.69) is 58.5 Å². The Hall–Kier alpha value is -3.75. The highest BCUT2D eigenvalue weighted by Gasteiger charge is 2.36. The van der Waals surface area contributed by atoms with Crippen LogP contribution in [0, 0.1) is 20.8 Å². The molecule has 4 aromatic rings. The first kappa shape index (κ1) is 30.3. The quantitative estimate of drug-likeness (QED) is 0.232. The number of benzene rings is 2. The highest BCUT2D eigenvalue weighted by molar-refractivity contribution is 6.08. The predicted molar refractivity (Wildman–Crippen MR) is 176 cm³/mol. The molecule has 2 aromatic carbocycles. The van der Waals surface area contributed by atoms with Gasteiger partial charge in [0.25, 0.3) is 0 Å². The average molecular weight is 596 g/mol. The van der Waals surface area contributed by atoms with Crippen LogP contribution in [-0.2, 0) is 22.5 Å². The molecule has 1 atom stereocenters. The number of rotatable bonds is 8. The second-order valence-electron chi connectivity index (χ2n) is 13.5. The third kappa shape index (κ3) is 5.85. The summed E-state index contributed by atoms with van der Waals surface area (Å²) in [6.45, 7) is 16.8. The Labute approximate surface area is 260 Å². The van der Waals surface area contributed by atoms with Crippen LogP contribution in [-0.4, -0.2) is 62.3 Å². The number of piperidine rings is 1. The van der Waals surface area contributed by atoms with Gasteiger partial charge in [0.1, 0.15) is 0 Å². The molecule has 44 heavy (non-hydrogen) atoms. The molecule has 8 nitrogen and oxygen atoms in total. The fourth-order valence-electron chi connectivity index (χ4n) is 6.92. The van der Waals surface area contributed by atoms with E-state index >= 15 is 0 Å². The molecule has 0 unspecified atom stereocenters. The molecule has 0 aliphatic carbocycles. The minimum absolute atomic E-state index is 0.638. The van der Waals surface area contributed by atoms with Crippen LogP contribution < -0.4 is 4.90 Å². The Morgan fingerprint density at radius 2 is 1.66 bits per heavy atom. The number of carboxylic acids is 1. The Bertz CT molecular complexity index is 1660. The van der Waals surface area contributed by atoms with E-state index in [1.165, 1.54) is 32.4 Å². The van der Waals surface area contributed by atoms with Gasteiger partial charge in [-0.15, -0.1) is 0 Å². The second-order valence-corrected chi connectivity index (χ2v) is 13.5. The zero-order valence-electron chi connectivity index (χ0n) is 27.0. The number of ether oxygens (including phenoxy) is 1. The minimum atomic E-state index is -1.16. The molecule has 6 rings (SSSR count). The second kappa shape index (κ2) is 12.0. The van der Waals surface area contributed by atoms with E-state index in [4.69, 9.17) is 14.7 Å². The number of carboxylic acid groups (broad SMARTS) is 1. The first-order valence-corrected chi connectivity index (χ1v) is 16.0. The van der Waals surface area contributed by atoms with Crippen molar-refractivity contribution in [3.05, 3.63) is 70.7 Å². The highest BCUT2D eigenvalue weighted by Crippen LogP contribution is 2.49. The maximum Gasteiger partial charge on any atom is 0.337 e. The van der Waals surface area contributed by atoms with Gasteiger partial charge in [0, 0.05) is 48.7 Å². The van der Waals surface area contributed by atoms with Gasteiger partial charge in [-0.25, -0.2) is 14.8 Å². The number of aromatic nitrogens is 3. The Morgan fingerprint density at radius 1 is 0.977 bits per heavy atom. The summed E-state index contributed by atoms with van der Waals surface area (Å²) in [6.07, 6.45) is 7.61. The number of carbonyl (C=O) groups is 1. The van der Waals surface area contributed by atoms with E-state index in [1.807, 2.05) is 40.1 Å². The van der Waals surface area contributed by atoms with Crippen molar-refractivity contribution in [3.63, 3.8) is 0 Å². The smallest absolute Gasteiger partial charge is 0.337 e. The van der Waals surface area contributed by atoms with E-state index in [-0.39, 0.29) is 0 Å². The topological polar surface area (TPSA) is 83.7 Å². The summed E-state index contributed by atoms with van der Waals surface area (Å²) in [7, 11) is 0. The molecule has 4 heterocycles. The molecule has 0 saturated carbocycles. The molecule has 1 fully saturated rings. The molecule has 1 N–H and O–H groups in total. The van der Waals surface area contributed by atoms with Gasteiger partial charge in [-0.2, -0.15) is 0 Å².